The largest absolute Gasteiger partial charge is 0.396 e. The van der Waals surface area contributed by atoms with Crippen molar-refractivity contribution >= 4 is 24.0 Å². The predicted molar refractivity (Wildman–Crippen MR) is 264 cm³/mol. The van der Waals surface area contributed by atoms with Crippen LogP contribution in [0.3, 0.4) is 0 Å². The molecular weight excluding hydrogens is 885 g/mol. The highest BCUT2D eigenvalue weighted by atomic mass is 16.3. The Kier molecular flexibility index (Phi) is 14.7. The zero-order valence-corrected chi connectivity index (χ0v) is 39.2. The van der Waals surface area contributed by atoms with Gasteiger partial charge in [0.15, 0.2) is 0 Å². The van der Waals surface area contributed by atoms with E-state index in [0.717, 1.165) is 33.6 Å². The molecule has 0 unspecified atom stereocenters. The van der Waals surface area contributed by atoms with Crippen LogP contribution in [0.25, 0.3) is 12.2 Å². The highest BCUT2D eigenvalue weighted by molar-refractivity contribution is 5.83. The predicted octanol–water partition coefficient (Wildman–Crippen LogP) is 4.30. The Labute approximate surface area is 406 Å². The molecule has 8 atom stereocenters. The molecule has 0 bridgehead atoms. The number of pyridine rings is 2. The maximum absolute atomic E-state index is 13.6. The molecule has 16 heteroatoms. The van der Waals surface area contributed by atoms with E-state index in [9.17, 15) is 29.4 Å². The Hall–Kier alpha value is -7.24. The summed E-state index contributed by atoms with van der Waals surface area (Å²) in [5, 5.41) is 27.1. The first-order valence-electron chi connectivity index (χ1n) is 23.8. The lowest BCUT2D eigenvalue weighted by Gasteiger charge is -2.30. The summed E-state index contributed by atoms with van der Waals surface area (Å²) in [5.74, 6) is -1.01. The summed E-state index contributed by atoms with van der Waals surface area (Å²) in [6, 6.07) is 25.7. The Morgan fingerprint density at radius 1 is 0.571 bits per heavy atom. The topological polar surface area (TPSA) is 201 Å². The van der Waals surface area contributed by atoms with Crippen molar-refractivity contribution in [1.82, 2.24) is 49.5 Å². The Balaban J connectivity index is 0.000000174. The maximum Gasteiger partial charge on any atom is 0.258 e. The molecule has 0 spiro atoms. The molecule has 0 radical (unpaired) electrons. The van der Waals surface area contributed by atoms with Crippen molar-refractivity contribution in [3.63, 3.8) is 0 Å². The minimum absolute atomic E-state index is 0.0419. The quantitative estimate of drug-likeness (QED) is 0.121. The molecular formula is C54H58N10O6. The zero-order chi connectivity index (χ0) is 48.7. The highest BCUT2D eigenvalue weighted by Crippen LogP contribution is 2.51. The van der Waals surface area contributed by atoms with Gasteiger partial charge in [-0.15, -0.1) is 0 Å². The number of carbonyl (C=O) groups excluding carboxylic acids is 2. The van der Waals surface area contributed by atoms with Crippen molar-refractivity contribution in [3.8, 4) is 0 Å². The van der Waals surface area contributed by atoms with Crippen LogP contribution in [0, 0.1) is 23.7 Å². The summed E-state index contributed by atoms with van der Waals surface area (Å²) in [6.07, 6.45) is 17.2. The van der Waals surface area contributed by atoms with Crippen LogP contribution in [0.2, 0.25) is 0 Å². The Morgan fingerprint density at radius 3 is 1.31 bits per heavy atom. The van der Waals surface area contributed by atoms with Crippen molar-refractivity contribution in [1.29, 1.82) is 0 Å². The lowest BCUT2D eigenvalue weighted by atomic mass is 9.88. The third-order valence-electron chi connectivity index (χ3n) is 14.2. The van der Waals surface area contributed by atoms with Crippen molar-refractivity contribution < 1.29 is 19.8 Å². The smallest absolute Gasteiger partial charge is 0.258 e. The highest BCUT2D eigenvalue weighted by Gasteiger charge is 2.57. The summed E-state index contributed by atoms with van der Waals surface area (Å²) in [6.45, 7) is 6.13. The Bertz CT molecular complexity index is 2750. The molecule has 6 aromatic rings. The van der Waals surface area contributed by atoms with Crippen molar-refractivity contribution in [3.05, 3.63) is 200 Å². The van der Waals surface area contributed by atoms with Gasteiger partial charge in [-0.05, 0) is 49.2 Å². The number of hydrogen-bond acceptors (Lipinski definition) is 12. The fraction of sp³-hybridized carbons (Fsp3) is 0.333. The molecule has 16 nitrogen and oxygen atoms in total. The molecule has 8 heterocycles. The summed E-state index contributed by atoms with van der Waals surface area (Å²) >= 11 is 0. The number of nitrogens with one attached hydrogen (secondary N) is 2. The fourth-order valence-corrected chi connectivity index (χ4v) is 11.2. The number of hydrogen-bond donors (Lipinski definition) is 4. The second-order valence-corrected chi connectivity index (χ2v) is 18.3. The zero-order valence-electron chi connectivity index (χ0n) is 39.2. The van der Waals surface area contributed by atoms with E-state index in [0.29, 0.717) is 50.4 Å². The van der Waals surface area contributed by atoms with E-state index in [1.807, 2.05) is 123 Å². The Morgan fingerprint density at radius 2 is 0.957 bits per heavy atom. The lowest BCUT2D eigenvalue weighted by molar-refractivity contribution is -0.128. The van der Waals surface area contributed by atoms with Gasteiger partial charge in [-0.3, -0.25) is 29.0 Å². The van der Waals surface area contributed by atoms with Crippen LogP contribution in [-0.2, 0) is 48.9 Å². The van der Waals surface area contributed by atoms with Gasteiger partial charge in [-0.25, -0.2) is 19.9 Å². The first-order chi connectivity index (χ1) is 34.2. The number of benzene rings is 2. The van der Waals surface area contributed by atoms with Gasteiger partial charge in [0, 0.05) is 135 Å². The first kappa shape index (κ1) is 47.8. The van der Waals surface area contributed by atoms with E-state index >= 15 is 0 Å². The van der Waals surface area contributed by atoms with Crippen LogP contribution in [0.15, 0.2) is 144 Å². The second-order valence-electron chi connectivity index (χ2n) is 18.3. The summed E-state index contributed by atoms with van der Waals surface area (Å²) in [5.41, 5.74) is 6.71. The number of amides is 2. The number of aliphatic hydroxyl groups excluding tert-OH is 2. The third kappa shape index (κ3) is 9.55. The third-order valence-corrected chi connectivity index (χ3v) is 14.2. The molecule has 4 aromatic heterocycles. The van der Waals surface area contributed by atoms with Gasteiger partial charge in [-0.2, -0.15) is 0 Å². The van der Waals surface area contributed by atoms with E-state index in [1.54, 1.807) is 33.9 Å². The normalized spacial score (nSPS) is 23.4. The van der Waals surface area contributed by atoms with Crippen molar-refractivity contribution in [2.45, 2.75) is 77.3 Å². The first-order valence-corrected chi connectivity index (χ1v) is 23.8. The van der Waals surface area contributed by atoms with Crippen molar-refractivity contribution in [2.24, 2.45) is 23.7 Å². The van der Waals surface area contributed by atoms with Gasteiger partial charge in [0.1, 0.15) is 12.7 Å². The van der Waals surface area contributed by atoms with Crippen LogP contribution >= 0.6 is 0 Å². The number of aliphatic hydroxyl groups is 2. The number of likely N-dealkylation sites (tertiary alicyclic amines) is 2. The van der Waals surface area contributed by atoms with Gasteiger partial charge < -0.3 is 30.0 Å². The standard InChI is InChI=1S/2C27H29N5O3/c2*1-2-6-20-9-10-23-24-21(15-31(23)27(20)35)22(16-33)25(32(24)14-19-11-28-17-29-12-19)26(34)30-13-18-7-4-3-5-8-18/h2*2-12,17,21-22,24-25,33H,13-16H2,1H3,(H,30,34)/b6-2+;6-2-/t2*21-,22-,24+,25-/m11/s1. The van der Waals surface area contributed by atoms with Crippen LogP contribution in [0.5, 0.6) is 0 Å². The van der Waals surface area contributed by atoms with Gasteiger partial charge in [0.2, 0.25) is 11.8 Å². The minimum atomic E-state index is -0.544. The minimum Gasteiger partial charge on any atom is -0.396 e. The molecule has 10 rings (SSSR count). The second kappa shape index (κ2) is 21.6. The SMILES string of the molecule is C/C=C/c1ccc2n(c1=O)C[C@@H]1[C@@H](CO)[C@H](C(=O)NCc3ccccc3)N(Cc3cncnc3)[C@H]21.C/C=C\c1ccc2n(c1=O)C[C@@H]1[C@@H](CO)[C@H](C(=O)NCc3ccccc3)N(Cc3cncnc3)[C@H]21. The maximum atomic E-state index is 13.6. The number of rotatable bonds is 14. The number of carbonyl (C=O) groups is 2. The fourth-order valence-electron chi connectivity index (χ4n) is 11.2. The summed E-state index contributed by atoms with van der Waals surface area (Å²) < 4.78 is 3.61. The molecule has 4 aliphatic rings. The van der Waals surface area contributed by atoms with E-state index < -0.39 is 12.1 Å². The van der Waals surface area contributed by atoms with E-state index in [2.05, 4.69) is 40.4 Å². The van der Waals surface area contributed by atoms with Crippen molar-refractivity contribution in [2.75, 3.05) is 13.2 Å². The van der Waals surface area contributed by atoms with Gasteiger partial charge in [0.05, 0.1) is 24.2 Å². The molecule has 2 fully saturated rings. The molecule has 0 saturated carbocycles. The average molecular weight is 943 g/mol. The van der Waals surface area contributed by atoms with Gasteiger partial charge in [0.25, 0.3) is 11.1 Å². The molecule has 0 aliphatic carbocycles. The lowest BCUT2D eigenvalue weighted by Crippen LogP contribution is -2.47. The average Bonchev–Trinajstić information content (AvgIpc) is 4.13. The summed E-state index contributed by atoms with van der Waals surface area (Å²) in [4.78, 5) is 74.2. The van der Waals surface area contributed by atoms with E-state index in [-0.39, 0.29) is 71.9 Å². The number of allylic oxidation sites excluding steroid dienone is 2. The number of nitrogens with zero attached hydrogens (tertiary/aromatic N) is 8. The number of aromatic nitrogens is 6. The van der Waals surface area contributed by atoms with E-state index in [1.165, 1.54) is 12.7 Å². The van der Waals surface area contributed by atoms with E-state index in [4.69, 9.17) is 0 Å². The molecule has 2 aromatic carbocycles. The number of fused-ring (bicyclic) bond motifs is 6. The van der Waals surface area contributed by atoms with Crippen LogP contribution in [0.4, 0.5) is 0 Å². The van der Waals surface area contributed by atoms with Crippen LogP contribution in [-0.4, -0.2) is 86.2 Å². The molecule has 4 aliphatic heterocycles. The van der Waals surface area contributed by atoms with Gasteiger partial charge >= 0.3 is 0 Å². The molecule has 360 valence electrons. The molecule has 2 saturated heterocycles. The molecule has 2 amide bonds. The van der Waals surface area contributed by atoms with Crippen LogP contribution in [0.1, 0.15) is 70.7 Å². The van der Waals surface area contributed by atoms with Gasteiger partial charge in [-0.1, -0.05) is 85.0 Å². The van der Waals surface area contributed by atoms with Crippen LogP contribution < -0.4 is 21.8 Å². The molecule has 70 heavy (non-hydrogen) atoms. The monoisotopic (exact) mass is 942 g/mol. The summed E-state index contributed by atoms with van der Waals surface area (Å²) in [7, 11) is 0. The molecule has 4 N–H and O–H groups in total.